The molecule has 0 bridgehead atoms. The number of hydrogen-bond donors (Lipinski definition) is 0. The lowest BCUT2D eigenvalue weighted by atomic mass is 10.1. The molecule has 0 radical (unpaired) electrons. The summed E-state index contributed by atoms with van der Waals surface area (Å²) in [6.07, 6.45) is 1.62. The average molecular weight is 374 g/mol. The van der Waals surface area contributed by atoms with Gasteiger partial charge in [-0.25, -0.2) is 8.42 Å². The van der Waals surface area contributed by atoms with Crippen molar-refractivity contribution in [1.82, 2.24) is 0 Å². The summed E-state index contributed by atoms with van der Waals surface area (Å²) in [5, 5.41) is 1.52. The van der Waals surface area contributed by atoms with Crippen LogP contribution >= 0.6 is 39.1 Å². The molecule has 0 aliphatic carbocycles. The van der Waals surface area contributed by atoms with E-state index < -0.39 is 9.84 Å². The van der Waals surface area contributed by atoms with Gasteiger partial charge in [0.15, 0.2) is 9.84 Å². The lowest BCUT2D eigenvalue weighted by Crippen LogP contribution is -2.10. The Morgan fingerprint density at radius 3 is 2.44 bits per heavy atom. The van der Waals surface area contributed by atoms with Crippen LogP contribution < -0.4 is 0 Å². The van der Waals surface area contributed by atoms with Gasteiger partial charge in [0.05, 0.1) is 20.7 Å². The van der Waals surface area contributed by atoms with Gasteiger partial charge in [-0.2, -0.15) is 0 Å². The largest absolute Gasteiger partial charge is 0.224 e. The fourth-order valence-corrected chi connectivity index (χ4v) is 4.14. The minimum atomic E-state index is -3.27. The molecule has 0 aromatic heterocycles. The zero-order valence-electron chi connectivity index (χ0n) is 10.00. The van der Waals surface area contributed by atoms with E-state index in [0.29, 0.717) is 17.4 Å². The van der Waals surface area contributed by atoms with Crippen LogP contribution in [0.25, 0.3) is 0 Å². The van der Waals surface area contributed by atoms with Crippen molar-refractivity contribution in [2.75, 3.05) is 11.1 Å². The van der Waals surface area contributed by atoms with E-state index in [4.69, 9.17) is 23.2 Å². The van der Waals surface area contributed by atoms with Gasteiger partial charge in [0.25, 0.3) is 0 Å². The van der Waals surface area contributed by atoms with E-state index in [1.807, 2.05) is 6.92 Å². The van der Waals surface area contributed by atoms with Crippen LogP contribution in [0.4, 0.5) is 0 Å². The minimum absolute atomic E-state index is 0.138. The van der Waals surface area contributed by atoms with Crippen molar-refractivity contribution < 1.29 is 8.42 Å². The summed E-state index contributed by atoms with van der Waals surface area (Å²) in [6.45, 7) is 2.05. The molecule has 18 heavy (non-hydrogen) atoms. The minimum Gasteiger partial charge on any atom is -0.224 e. The SMILES string of the molecule is CC(CCBr)CCS(=O)(=O)c1ccc(Cl)c(Cl)c1. The van der Waals surface area contributed by atoms with Gasteiger partial charge in [0.2, 0.25) is 0 Å². The fourth-order valence-electron chi connectivity index (χ4n) is 1.48. The summed E-state index contributed by atoms with van der Waals surface area (Å²) in [5.41, 5.74) is 0. The van der Waals surface area contributed by atoms with Crippen LogP contribution in [0.2, 0.25) is 10.0 Å². The van der Waals surface area contributed by atoms with Gasteiger partial charge in [0.1, 0.15) is 0 Å². The number of benzene rings is 1. The lowest BCUT2D eigenvalue weighted by molar-refractivity contribution is 0.536. The van der Waals surface area contributed by atoms with Crippen molar-refractivity contribution in [1.29, 1.82) is 0 Å². The van der Waals surface area contributed by atoms with Crippen molar-refractivity contribution in [2.24, 2.45) is 5.92 Å². The summed E-state index contributed by atoms with van der Waals surface area (Å²) >= 11 is 14.9. The topological polar surface area (TPSA) is 34.1 Å². The quantitative estimate of drug-likeness (QED) is 0.684. The highest BCUT2D eigenvalue weighted by Crippen LogP contribution is 2.26. The second-order valence-electron chi connectivity index (χ2n) is 4.27. The maximum Gasteiger partial charge on any atom is 0.178 e. The summed E-state index contributed by atoms with van der Waals surface area (Å²) in [5.74, 6) is 0.515. The van der Waals surface area contributed by atoms with Gasteiger partial charge in [-0.1, -0.05) is 46.1 Å². The molecule has 1 rings (SSSR count). The maximum absolute atomic E-state index is 12.1. The predicted molar refractivity (Wildman–Crippen MR) is 80.7 cm³/mol. The molecule has 2 nitrogen and oxygen atoms in total. The molecule has 102 valence electrons. The Labute approximate surface area is 127 Å². The van der Waals surface area contributed by atoms with Crippen LogP contribution in [0.3, 0.4) is 0 Å². The number of alkyl halides is 1. The first kappa shape index (κ1) is 16.3. The monoisotopic (exact) mass is 372 g/mol. The molecule has 1 aromatic carbocycles. The third-order valence-electron chi connectivity index (χ3n) is 2.73. The van der Waals surface area contributed by atoms with Gasteiger partial charge < -0.3 is 0 Å². The Balaban J connectivity index is 2.77. The molecule has 0 saturated heterocycles. The Morgan fingerprint density at radius 1 is 1.22 bits per heavy atom. The van der Waals surface area contributed by atoms with Crippen LogP contribution in [-0.2, 0) is 9.84 Å². The third-order valence-corrected chi connectivity index (χ3v) is 5.67. The van der Waals surface area contributed by atoms with Gasteiger partial charge >= 0.3 is 0 Å². The van der Waals surface area contributed by atoms with Crippen molar-refractivity contribution in [3.8, 4) is 0 Å². The highest BCUT2D eigenvalue weighted by atomic mass is 79.9. The van der Waals surface area contributed by atoms with Crippen molar-refractivity contribution in [3.05, 3.63) is 28.2 Å². The van der Waals surface area contributed by atoms with Crippen LogP contribution in [0.5, 0.6) is 0 Å². The van der Waals surface area contributed by atoms with Gasteiger partial charge in [-0.15, -0.1) is 0 Å². The lowest BCUT2D eigenvalue weighted by Gasteiger charge is -2.10. The molecule has 0 N–H and O–H groups in total. The van der Waals surface area contributed by atoms with E-state index in [1.165, 1.54) is 18.2 Å². The highest BCUT2D eigenvalue weighted by Gasteiger charge is 2.17. The molecule has 6 heteroatoms. The molecule has 1 atom stereocenters. The van der Waals surface area contributed by atoms with Crippen LogP contribution in [0, 0.1) is 5.92 Å². The molecule has 1 aromatic rings. The Bertz CT molecular complexity index is 503. The standard InChI is InChI=1S/C12H15BrCl2O2S/c1-9(4-6-13)5-7-18(16,17)10-2-3-11(14)12(15)8-10/h2-3,8-9H,4-7H2,1H3. The van der Waals surface area contributed by atoms with Crippen molar-refractivity contribution in [3.63, 3.8) is 0 Å². The molecule has 0 aliphatic heterocycles. The zero-order chi connectivity index (χ0) is 13.8. The molecule has 0 heterocycles. The zero-order valence-corrected chi connectivity index (χ0v) is 13.9. The number of rotatable bonds is 6. The smallest absolute Gasteiger partial charge is 0.178 e. The second kappa shape index (κ2) is 7.13. The van der Waals surface area contributed by atoms with Crippen LogP contribution in [-0.4, -0.2) is 19.5 Å². The Hall–Kier alpha value is 0.230. The third kappa shape index (κ3) is 4.72. The summed E-state index contributed by atoms with van der Waals surface area (Å²) in [4.78, 5) is 0.239. The summed E-state index contributed by atoms with van der Waals surface area (Å²) < 4.78 is 24.2. The first-order chi connectivity index (χ1) is 8.36. The van der Waals surface area contributed by atoms with E-state index in [-0.39, 0.29) is 15.7 Å². The van der Waals surface area contributed by atoms with E-state index in [9.17, 15) is 8.42 Å². The molecule has 0 fully saturated rings. The van der Waals surface area contributed by atoms with Gasteiger partial charge in [-0.3, -0.25) is 0 Å². The van der Waals surface area contributed by atoms with Crippen molar-refractivity contribution in [2.45, 2.75) is 24.7 Å². The summed E-state index contributed by atoms with van der Waals surface area (Å²) in [7, 11) is -3.27. The molecule has 0 spiro atoms. The second-order valence-corrected chi connectivity index (χ2v) is 7.98. The average Bonchev–Trinajstić information content (AvgIpc) is 2.30. The summed E-state index contributed by atoms with van der Waals surface area (Å²) in [6, 6.07) is 4.42. The molecule has 1 unspecified atom stereocenters. The maximum atomic E-state index is 12.1. The number of hydrogen-bond acceptors (Lipinski definition) is 2. The fraction of sp³-hybridized carbons (Fsp3) is 0.500. The number of halogens is 3. The first-order valence-corrected chi connectivity index (χ1v) is 9.13. The molecular formula is C12H15BrCl2O2S. The van der Waals surface area contributed by atoms with E-state index >= 15 is 0 Å². The Kier molecular flexibility index (Phi) is 6.45. The normalized spacial score (nSPS) is 13.6. The molecular weight excluding hydrogens is 359 g/mol. The first-order valence-electron chi connectivity index (χ1n) is 5.60. The molecule has 0 aliphatic rings. The van der Waals surface area contributed by atoms with Crippen LogP contribution in [0.15, 0.2) is 23.1 Å². The molecule has 0 saturated carbocycles. The Morgan fingerprint density at radius 2 is 1.89 bits per heavy atom. The van der Waals surface area contributed by atoms with Gasteiger partial charge in [0, 0.05) is 5.33 Å². The predicted octanol–water partition coefficient (Wildman–Crippen LogP) is 4.58. The molecule has 0 amide bonds. The number of sulfone groups is 1. The van der Waals surface area contributed by atoms with Gasteiger partial charge in [-0.05, 0) is 37.0 Å². The van der Waals surface area contributed by atoms with Crippen molar-refractivity contribution >= 4 is 49.0 Å². The van der Waals surface area contributed by atoms with E-state index in [0.717, 1.165) is 11.8 Å². The highest BCUT2D eigenvalue weighted by molar-refractivity contribution is 9.09. The van der Waals surface area contributed by atoms with E-state index in [1.54, 1.807) is 0 Å². The van der Waals surface area contributed by atoms with E-state index in [2.05, 4.69) is 15.9 Å². The van der Waals surface area contributed by atoms with Crippen LogP contribution in [0.1, 0.15) is 19.8 Å².